The fourth-order valence-electron chi connectivity index (χ4n) is 1.62. The first-order valence-corrected chi connectivity index (χ1v) is 5.73. The molecule has 1 amide bonds. The van der Waals surface area contributed by atoms with E-state index < -0.39 is 0 Å². The van der Waals surface area contributed by atoms with E-state index in [0.717, 1.165) is 5.56 Å². The Morgan fingerprint density at radius 1 is 1.22 bits per heavy atom. The molecule has 1 aromatic carbocycles. The summed E-state index contributed by atoms with van der Waals surface area (Å²) in [5, 5.41) is 12.1. The number of hydrogen-bond acceptors (Lipinski definition) is 3. The number of amides is 1. The fourth-order valence-corrected chi connectivity index (χ4v) is 1.62. The van der Waals surface area contributed by atoms with Crippen LogP contribution in [-0.2, 0) is 6.42 Å². The maximum Gasteiger partial charge on any atom is 0.269 e. The Hall–Kier alpha value is -2.36. The minimum absolute atomic E-state index is 0.184. The van der Waals surface area contributed by atoms with Crippen LogP contribution in [0.25, 0.3) is 0 Å². The van der Waals surface area contributed by atoms with E-state index in [-0.39, 0.29) is 11.7 Å². The van der Waals surface area contributed by atoms with Crippen molar-refractivity contribution in [3.8, 4) is 5.75 Å². The molecule has 2 rings (SSSR count). The van der Waals surface area contributed by atoms with Gasteiger partial charge in [-0.1, -0.05) is 18.2 Å². The van der Waals surface area contributed by atoms with Crippen molar-refractivity contribution in [2.45, 2.75) is 6.42 Å². The van der Waals surface area contributed by atoms with Gasteiger partial charge in [0.15, 0.2) is 0 Å². The zero-order valence-corrected chi connectivity index (χ0v) is 9.84. The summed E-state index contributed by atoms with van der Waals surface area (Å²) in [5.41, 5.74) is 1.39. The van der Waals surface area contributed by atoms with Gasteiger partial charge in [-0.25, -0.2) is 0 Å². The van der Waals surface area contributed by atoms with E-state index in [0.29, 0.717) is 18.7 Å². The molecule has 0 atom stereocenters. The van der Waals surface area contributed by atoms with Gasteiger partial charge < -0.3 is 10.4 Å². The molecule has 2 aromatic rings. The van der Waals surface area contributed by atoms with Crippen molar-refractivity contribution in [1.82, 2.24) is 10.3 Å². The number of carbonyl (C=O) groups is 1. The Bertz CT molecular complexity index is 526. The van der Waals surface area contributed by atoms with Crippen LogP contribution in [0, 0.1) is 0 Å². The molecule has 18 heavy (non-hydrogen) atoms. The molecule has 0 unspecified atom stereocenters. The van der Waals surface area contributed by atoms with Crippen molar-refractivity contribution < 1.29 is 9.90 Å². The van der Waals surface area contributed by atoms with E-state index in [2.05, 4.69) is 10.3 Å². The summed E-state index contributed by atoms with van der Waals surface area (Å²) in [5.74, 6) is 0.0549. The Morgan fingerprint density at radius 2 is 2.11 bits per heavy atom. The van der Waals surface area contributed by atoms with Crippen molar-refractivity contribution in [3.63, 3.8) is 0 Å². The number of aromatic nitrogens is 1. The highest BCUT2D eigenvalue weighted by Gasteiger charge is 2.04. The number of nitrogens with zero attached hydrogens (tertiary/aromatic N) is 1. The van der Waals surface area contributed by atoms with Crippen LogP contribution in [0.5, 0.6) is 5.75 Å². The third kappa shape index (κ3) is 3.31. The van der Waals surface area contributed by atoms with E-state index in [1.165, 1.54) is 0 Å². The number of phenols is 1. The van der Waals surface area contributed by atoms with Gasteiger partial charge in [0.25, 0.3) is 5.91 Å². The highest BCUT2D eigenvalue weighted by molar-refractivity contribution is 5.92. The molecule has 0 saturated carbocycles. The van der Waals surface area contributed by atoms with Crippen LogP contribution in [0.4, 0.5) is 0 Å². The van der Waals surface area contributed by atoms with Crippen LogP contribution in [0.1, 0.15) is 16.1 Å². The predicted octanol–water partition coefficient (Wildman–Crippen LogP) is 1.76. The van der Waals surface area contributed by atoms with E-state index in [1.54, 1.807) is 42.6 Å². The maximum absolute atomic E-state index is 11.7. The van der Waals surface area contributed by atoms with Crippen LogP contribution in [-0.4, -0.2) is 22.5 Å². The summed E-state index contributed by atoms with van der Waals surface area (Å²) in [4.78, 5) is 15.6. The van der Waals surface area contributed by atoms with Gasteiger partial charge >= 0.3 is 0 Å². The SMILES string of the molecule is O=C(NCCc1cccc(O)c1)c1ccccn1. The maximum atomic E-state index is 11.7. The zero-order valence-electron chi connectivity index (χ0n) is 9.84. The molecule has 0 aliphatic heterocycles. The summed E-state index contributed by atoms with van der Waals surface area (Å²) in [6.07, 6.45) is 2.26. The largest absolute Gasteiger partial charge is 0.508 e. The summed E-state index contributed by atoms with van der Waals surface area (Å²) >= 11 is 0. The van der Waals surface area contributed by atoms with E-state index in [4.69, 9.17) is 0 Å². The highest BCUT2D eigenvalue weighted by Crippen LogP contribution is 2.10. The molecule has 0 fully saturated rings. The number of benzene rings is 1. The third-order valence-corrected chi connectivity index (χ3v) is 2.51. The van der Waals surface area contributed by atoms with Crippen molar-refractivity contribution in [2.24, 2.45) is 0 Å². The van der Waals surface area contributed by atoms with Gasteiger partial charge in [0, 0.05) is 12.7 Å². The van der Waals surface area contributed by atoms with Gasteiger partial charge in [0.2, 0.25) is 0 Å². The lowest BCUT2D eigenvalue weighted by molar-refractivity contribution is 0.0949. The Labute approximate surface area is 105 Å². The van der Waals surface area contributed by atoms with Crippen LogP contribution >= 0.6 is 0 Å². The molecule has 0 aliphatic carbocycles. The van der Waals surface area contributed by atoms with E-state index in [1.807, 2.05) is 6.07 Å². The normalized spacial score (nSPS) is 10.0. The van der Waals surface area contributed by atoms with Gasteiger partial charge in [-0.2, -0.15) is 0 Å². The van der Waals surface area contributed by atoms with Crippen LogP contribution in [0.3, 0.4) is 0 Å². The standard InChI is InChI=1S/C14H14N2O2/c17-12-5-3-4-11(10-12)7-9-16-14(18)13-6-1-2-8-15-13/h1-6,8,10,17H,7,9H2,(H,16,18). The molecule has 2 N–H and O–H groups in total. The number of phenolic OH excluding ortho intramolecular Hbond substituents is 1. The number of rotatable bonds is 4. The van der Waals surface area contributed by atoms with Crippen molar-refractivity contribution in [3.05, 3.63) is 59.9 Å². The molecule has 4 nitrogen and oxygen atoms in total. The summed E-state index contributed by atoms with van der Waals surface area (Å²) in [6.45, 7) is 0.513. The minimum atomic E-state index is -0.184. The van der Waals surface area contributed by atoms with Crippen LogP contribution in [0.2, 0.25) is 0 Å². The predicted molar refractivity (Wildman–Crippen MR) is 68.4 cm³/mol. The molecular weight excluding hydrogens is 228 g/mol. The molecule has 0 bridgehead atoms. The van der Waals surface area contributed by atoms with E-state index in [9.17, 15) is 9.90 Å². The molecule has 1 heterocycles. The minimum Gasteiger partial charge on any atom is -0.508 e. The molecule has 0 radical (unpaired) electrons. The number of aromatic hydroxyl groups is 1. The van der Waals surface area contributed by atoms with Gasteiger partial charge in [-0.3, -0.25) is 9.78 Å². The third-order valence-electron chi connectivity index (χ3n) is 2.51. The lowest BCUT2D eigenvalue weighted by Crippen LogP contribution is -2.26. The monoisotopic (exact) mass is 242 g/mol. The molecular formula is C14H14N2O2. The quantitative estimate of drug-likeness (QED) is 0.858. The van der Waals surface area contributed by atoms with Gasteiger partial charge in [-0.05, 0) is 36.2 Å². The van der Waals surface area contributed by atoms with Gasteiger partial charge in [0.05, 0.1) is 0 Å². The molecule has 0 spiro atoms. The summed E-state index contributed by atoms with van der Waals surface area (Å²) in [7, 11) is 0. The second kappa shape index (κ2) is 5.82. The first-order chi connectivity index (χ1) is 8.75. The second-order valence-electron chi connectivity index (χ2n) is 3.89. The lowest BCUT2D eigenvalue weighted by Gasteiger charge is -2.05. The lowest BCUT2D eigenvalue weighted by atomic mass is 10.1. The van der Waals surface area contributed by atoms with Gasteiger partial charge in [-0.15, -0.1) is 0 Å². The first-order valence-electron chi connectivity index (χ1n) is 5.73. The number of pyridine rings is 1. The van der Waals surface area contributed by atoms with Crippen molar-refractivity contribution in [2.75, 3.05) is 6.54 Å². The summed E-state index contributed by atoms with van der Waals surface area (Å²) in [6, 6.07) is 12.2. The Morgan fingerprint density at radius 3 is 2.83 bits per heavy atom. The van der Waals surface area contributed by atoms with Crippen LogP contribution < -0.4 is 5.32 Å². The average Bonchev–Trinajstić information content (AvgIpc) is 2.40. The fraction of sp³-hybridized carbons (Fsp3) is 0.143. The Balaban J connectivity index is 1.84. The molecule has 1 aromatic heterocycles. The Kier molecular flexibility index (Phi) is 3.91. The number of carbonyl (C=O) groups excluding carboxylic acids is 1. The van der Waals surface area contributed by atoms with Crippen LogP contribution in [0.15, 0.2) is 48.7 Å². The molecule has 0 aliphatic rings. The highest BCUT2D eigenvalue weighted by atomic mass is 16.3. The molecule has 0 saturated heterocycles. The zero-order chi connectivity index (χ0) is 12.8. The van der Waals surface area contributed by atoms with Crippen molar-refractivity contribution >= 4 is 5.91 Å². The topological polar surface area (TPSA) is 62.2 Å². The average molecular weight is 242 g/mol. The number of nitrogens with one attached hydrogen (secondary N) is 1. The van der Waals surface area contributed by atoms with E-state index >= 15 is 0 Å². The smallest absolute Gasteiger partial charge is 0.269 e. The first kappa shape index (κ1) is 12.1. The van der Waals surface area contributed by atoms with Crippen molar-refractivity contribution in [1.29, 1.82) is 0 Å². The molecule has 92 valence electrons. The second-order valence-corrected chi connectivity index (χ2v) is 3.89. The van der Waals surface area contributed by atoms with Gasteiger partial charge in [0.1, 0.15) is 11.4 Å². The molecule has 4 heteroatoms. The number of hydrogen-bond donors (Lipinski definition) is 2. The summed E-state index contributed by atoms with van der Waals surface area (Å²) < 4.78 is 0.